The maximum atomic E-state index is 3.91. The van der Waals surface area contributed by atoms with Crippen molar-refractivity contribution in [1.82, 2.24) is 0 Å². The van der Waals surface area contributed by atoms with Gasteiger partial charge in [0, 0.05) is 0 Å². The average molecular weight is 321 g/mol. The van der Waals surface area contributed by atoms with Gasteiger partial charge in [0.05, 0.1) is 0 Å². The van der Waals surface area contributed by atoms with Gasteiger partial charge < -0.3 is 0 Å². The van der Waals surface area contributed by atoms with Gasteiger partial charge in [0.15, 0.2) is 0 Å². The molecule has 0 aromatic rings. The van der Waals surface area contributed by atoms with Crippen molar-refractivity contribution in [3.8, 4) is 0 Å². The molecule has 0 aliphatic heterocycles. The molecule has 0 nitrogen and oxygen atoms in total. The van der Waals surface area contributed by atoms with E-state index in [1.165, 1.54) is 96.3 Å². The predicted molar refractivity (Wildman–Crippen MR) is 105 cm³/mol. The normalized spacial score (nSPS) is 18.8. The molecule has 136 valence electrons. The molecule has 0 heteroatoms. The summed E-state index contributed by atoms with van der Waals surface area (Å²) in [5, 5.41) is 0. The number of hydrogen-bond donors (Lipinski definition) is 0. The average Bonchev–Trinajstić information content (AvgIpc) is 2.50. The van der Waals surface area contributed by atoms with E-state index >= 15 is 0 Å². The molecule has 0 aromatic carbocycles. The topological polar surface area (TPSA) is 0 Å². The molecule has 0 spiro atoms. The Morgan fingerprint density at radius 1 is 0.783 bits per heavy atom. The second kappa shape index (κ2) is 12.4. The lowest BCUT2D eigenvalue weighted by atomic mass is 9.59. The highest BCUT2D eigenvalue weighted by Crippen LogP contribution is 2.51. The van der Waals surface area contributed by atoms with E-state index in [9.17, 15) is 0 Å². The predicted octanol–water partition coefficient (Wildman–Crippen LogP) is 8.31. The summed E-state index contributed by atoms with van der Waals surface area (Å²) >= 11 is 0. The van der Waals surface area contributed by atoms with Crippen LogP contribution in [0.1, 0.15) is 124 Å². The van der Waals surface area contributed by atoms with Crippen LogP contribution in [0.15, 0.2) is 0 Å². The molecule has 0 N–H and O–H groups in total. The second-order valence-electron chi connectivity index (χ2n) is 8.81. The summed E-state index contributed by atoms with van der Waals surface area (Å²) in [6, 6.07) is 0. The van der Waals surface area contributed by atoms with Crippen LogP contribution in [0, 0.1) is 24.2 Å². The van der Waals surface area contributed by atoms with Crippen LogP contribution in [0.4, 0.5) is 0 Å². The Balaban J connectivity index is 1.84. The molecule has 2 radical (unpaired) electrons. The van der Waals surface area contributed by atoms with Gasteiger partial charge >= 0.3 is 0 Å². The second-order valence-corrected chi connectivity index (χ2v) is 8.81. The van der Waals surface area contributed by atoms with Gasteiger partial charge in [-0.15, -0.1) is 0 Å². The standard InChI is InChI=1S/C23H44/c1-5-7-8-9-10-11-12-13-14-15-16-17-18-21(6-2)22-19-23(3,4)20-22/h21H,1,5-20H2,2-4H3. The third-order valence-electron chi connectivity index (χ3n) is 5.78. The molecule has 1 fully saturated rings. The van der Waals surface area contributed by atoms with Gasteiger partial charge in [0.25, 0.3) is 0 Å². The third kappa shape index (κ3) is 9.78. The Labute approximate surface area is 148 Å². The quantitative estimate of drug-likeness (QED) is 0.266. The molecule has 0 heterocycles. The van der Waals surface area contributed by atoms with Crippen LogP contribution < -0.4 is 0 Å². The van der Waals surface area contributed by atoms with Crippen LogP contribution in [0.2, 0.25) is 0 Å². The molecule has 23 heavy (non-hydrogen) atoms. The van der Waals surface area contributed by atoms with E-state index in [2.05, 4.69) is 27.7 Å². The van der Waals surface area contributed by atoms with E-state index in [4.69, 9.17) is 0 Å². The van der Waals surface area contributed by atoms with Crippen molar-refractivity contribution in [2.75, 3.05) is 0 Å². The van der Waals surface area contributed by atoms with E-state index in [0.29, 0.717) is 5.41 Å². The fourth-order valence-electron chi connectivity index (χ4n) is 4.32. The zero-order chi connectivity index (χ0) is 17.0. The van der Waals surface area contributed by atoms with Gasteiger partial charge in [0.2, 0.25) is 0 Å². The van der Waals surface area contributed by atoms with Crippen LogP contribution in [0.5, 0.6) is 0 Å². The van der Waals surface area contributed by atoms with Crippen molar-refractivity contribution in [2.45, 2.75) is 124 Å². The lowest BCUT2D eigenvalue weighted by Gasteiger charge is -2.46. The van der Waals surface area contributed by atoms with Crippen LogP contribution in [-0.4, -0.2) is 0 Å². The summed E-state index contributed by atoms with van der Waals surface area (Å²) in [7, 11) is 0. The van der Waals surface area contributed by atoms with E-state index in [1.54, 1.807) is 0 Å². The number of hydrogen-bond acceptors (Lipinski definition) is 0. The molecule has 1 rings (SSSR count). The van der Waals surface area contributed by atoms with Gasteiger partial charge in [-0.3, -0.25) is 0 Å². The summed E-state index contributed by atoms with van der Waals surface area (Å²) < 4.78 is 0. The smallest absolute Gasteiger partial charge is 0.0200 e. The summed E-state index contributed by atoms with van der Waals surface area (Å²) in [5.41, 5.74) is 0.621. The third-order valence-corrected chi connectivity index (χ3v) is 5.78. The molecular weight excluding hydrogens is 276 g/mol. The van der Waals surface area contributed by atoms with Crippen molar-refractivity contribution in [3.05, 3.63) is 12.8 Å². The Morgan fingerprint density at radius 2 is 1.22 bits per heavy atom. The molecule has 0 aromatic heterocycles. The molecule has 0 amide bonds. The molecule has 1 unspecified atom stereocenters. The fourth-order valence-corrected chi connectivity index (χ4v) is 4.32. The van der Waals surface area contributed by atoms with Crippen molar-refractivity contribution in [2.24, 2.45) is 11.3 Å². The summed E-state index contributed by atoms with van der Waals surface area (Å²) in [6.07, 6.45) is 22.7. The highest BCUT2D eigenvalue weighted by atomic mass is 14.4. The van der Waals surface area contributed by atoms with Crippen LogP contribution in [0.3, 0.4) is 0 Å². The van der Waals surface area contributed by atoms with Gasteiger partial charge in [-0.2, -0.15) is 0 Å². The Hall–Kier alpha value is 0. The van der Waals surface area contributed by atoms with Gasteiger partial charge in [-0.25, -0.2) is 0 Å². The largest absolute Gasteiger partial charge is 0.0651 e. The lowest BCUT2D eigenvalue weighted by molar-refractivity contribution is 0.174. The maximum absolute atomic E-state index is 3.91. The number of rotatable bonds is 15. The van der Waals surface area contributed by atoms with Crippen molar-refractivity contribution in [3.63, 3.8) is 0 Å². The zero-order valence-electron chi connectivity index (χ0n) is 16.6. The molecule has 1 atom stereocenters. The van der Waals surface area contributed by atoms with Crippen molar-refractivity contribution < 1.29 is 0 Å². The van der Waals surface area contributed by atoms with Crippen molar-refractivity contribution >= 4 is 0 Å². The molecule has 0 saturated heterocycles. The Morgan fingerprint density at radius 3 is 1.61 bits per heavy atom. The van der Waals surface area contributed by atoms with Gasteiger partial charge in [-0.05, 0) is 36.5 Å². The number of unbranched alkanes of at least 4 members (excludes halogenated alkanes) is 11. The zero-order valence-corrected chi connectivity index (χ0v) is 16.6. The molecule has 0 bridgehead atoms. The maximum Gasteiger partial charge on any atom is -0.0200 e. The summed E-state index contributed by atoms with van der Waals surface area (Å²) in [6.45, 7) is 11.1. The molecule has 1 aliphatic carbocycles. The van der Waals surface area contributed by atoms with E-state index in [0.717, 1.165) is 12.3 Å². The van der Waals surface area contributed by atoms with E-state index in [-0.39, 0.29) is 0 Å². The highest BCUT2D eigenvalue weighted by Gasteiger charge is 2.39. The monoisotopic (exact) mass is 320 g/mol. The summed E-state index contributed by atoms with van der Waals surface area (Å²) in [5.74, 6) is 2.83. The van der Waals surface area contributed by atoms with Gasteiger partial charge in [-0.1, -0.05) is 111 Å². The molecular formula is C23H44. The van der Waals surface area contributed by atoms with Crippen molar-refractivity contribution in [1.29, 1.82) is 0 Å². The van der Waals surface area contributed by atoms with Crippen LogP contribution in [0.25, 0.3) is 0 Å². The first-order valence-electron chi connectivity index (χ1n) is 10.7. The van der Waals surface area contributed by atoms with E-state index < -0.39 is 0 Å². The Bertz CT molecular complexity index is 257. The molecule has 1 aliphatic rings. The van der Waals surface area contributed by atoms with Gasteiger partial charge in [0.1, 0.15) is 0 Å². The minimum absolute atomic E-state index is 0.621. The van der Waals surface area contributed by atoms with Crippen LogP contribution in [-0.2, 0) is 0 Å². The fraction of sp³-hybridized carbons (Fsp3) is 0.913. The lowest BCUT2D eigenvalue weighted by Crippen LogP contribution is -2.34. The first-order valence-corrected chi connectivity index (χ1v) is 10.7. The highest BCUT2D eigenvalue weighted by molar-refractivity contribution is 5.11. The minimum Gasteiger partial charge on any atom is -0.0651 e. The first-order chi connectivity index (χ1) is 11.1. The van der Waals surface area contributed by atoms with E-state index in [1.807, 2.05) is 5.92 Å². The Kier molecular flexibility index (Phi) is 11.3. The molecule has 1 saturated carbocycles. The first kappa shape index (κ1) is 21.0. The SMILES string of the molecule is [CH2]CCCCCCCCCCCCCC(CC)[C]1CC(C)(C)C1. The minimum atomic E-state index is 0.621. The summed E-state index contributed by atoms with van der Waals surface area (Å²) in [4.78, 5) is 0. The van der Waals surface area contributed by atoms with Crippen LogP contribution >= 0.6 is 0 Å².